The van der Waals surface area contributed by atoms with Gasteiger partial charge in [0, 0.05) is 12.4 Å². The number of hydrogen-bond acceptors (Lipinski definition) is 3. The second-order valence-electron chi connectivity index (χ2n) is 3.62. The Balaban J connectivity index is 2.39. The van der Waals surface area contributed by atoms with Gasteiger partial charge in [0.2, 0.25) is 0 Å². The molecule has 0 amide bonds. The first-order valence-electron chi connectivity index (χ1n) is 4.60. The fourth-order valence-corrected chi connectivity index (χ4v) is 2.27. The van der Waals surface area contributed by atoms with Crippen molar-refractivity contribution in [3.05, 3.63) is 23.6 Å². The van der Waals surface area contributed by atoms with Crippen LogP contribution in [-0.4, -0.2) is 14.5 Å². The van der Waals surface area contributed by atoms with Crippen LogP contribution in [0, 0.1) is 0 Å². The third-order valence-corrected chi connectivity index (χ3v) is 3.03. The van der Waals surface area contributed by atoms with Crippen molar-refractivity contribution in [1.82, 2.24) is 14.5 Å². The maximum absolute atomic E-state index is 4.57. The Morgan fingerprint density at radius 3 is 2.71 bits per heavy atom. The molecule has 0 fully saturated rings. The molecule has 2 aromatic heterocycles. The van der Waals surface area contributed by atoms with Crippen LogP contribution in [0.5, 0.6) is 0 Å². The zero-order chi connectivity index (χ0) is 10.1. The first-order chi connectivity index (χ1) is 6.68. The predicted octanol–water partition coefficient (Wildman–Crippen LogP) is 2.67. The van der Waals surface area contributed by atoms with Crippen molar-refractivity contribution in [3.8, 4) is 10.7 Å². The minimum atomic E-state index is 0.494. The van der Waals surface area contributed by atoms with Crippen LogP contribution < -0.4 is 0 Å². The van der Waals surface area contributed by atoms with E-state index in [9.17, 15) is 0 Å². The number of hydrogen-bond donors (Lipinski definition) is 0. The molecule has 0 atom stereocenters. The van der Waals surface area contributed by atoms with Gasteiger partial charge in [-0.3, -0.25) is 0 Å². The van der Waals surface area contributed by atoms with E-state index < -0.39 is 0 Å². The highest BCUT2D eigenvalue weighted by Gasteiger charge is 2.09. The van der Waals surface area contributed by atoms with E-state index in [0.717, 1.165) is 16.4 Å². The Morgan fingerprint density at radius 1 is 1.43 bits per heavy atom. The van der Waals surface area contributed by atoms with Crippen LogP contribution in [-0.2, 0) is 7.05 Å². The lowest BCUT2D eigenvalue weighted by Gasteiger charge is -1.98. The van der Waals surface area contributed by atoms with E-state index in [4.69, 9.17) is 0 Å². The van der Waals surface area contributed by atoms with E-state index in [1.54, 1.807) is 17.7 Å². The van der Waals surface area contributed by atoms with E-state index in [-0.39, 0.29) is 0 Å². The second-order valence-corrected chi connectivity index (χ2v) is 4.48. The summed E-state index contributed by atoms with van der Waals surface area (Å²) in [7, 11) is 1.98. The van der Waals surface area contributed by atoms with E-state index in [0.29, 0.717) is 5.92 Å². The van der Waals surface area contributed by atoms with Gasteiger partial charge in [-0.1, -0.05) is 13.8 Å². The largest absolute Gasteiger partial charge is 0.332 e. The number of thiazole rings is 1. The predicted molar refractivity (Wildman–Crippen MR) is 58.4 cm³/mol. The summed E-state index contributed by atoms with van der Waals surface area (Å²) in [5.74, 6) is 0.494. The van der Waals surface area contributed by atoms with Crippen LogP contribution >= 0.6 is 11.3 Å². The van der Waals surface area contributed by atoms with Crippen molar-refractivity contribution in [1.29, 1.82) is 0 Å². The lowest BCUT2D eigenvalue weighted by molar-refractivity contribution is 0.831. The third-order valence-electron chi connectivity index (χ3n) is 2.15. The first-order valence-corrected chi connectivity index (χ1v) is 5.48. The molecule has 2 aromatic rings. The monoisotopic (exact) mass is 207 g/mol. The van der Waals surface area contributed by atoms with Crippen molar-refractivity contribution in [2.24, 2.45) is 7.05 Å². The molecule has 2 heterocycles. The van der Waals surface area contributed by atoms with Gasteiger partial charge in [0.05, 0.1) is 23.9 Å². The summed E-state index contributed by atoms with van der Waals surface area (Å²) in [5.41, 5.74) is 2.24. The standard InChI is InChI=1S/C10H13N3S/c1-7(2)8-5-14-10(12-8)9-4-11-6-13(9)3/h4-7H,1-3H3. The van der Waals surface area contributed by atoms with Gasteiger partial charge in [-0.25, -0.2) is 9.97 Å². The summed E-state index contributed by atoms with van der Waals surface area (Å²) >= 11 is 1.68. The first kappa shape index (κ1) is 9.40. The van der Waals surface area contributed by atoms with Crippen molar-refractivity contribution >= 4 is 11.3 Å². The quantitative estimate of drug-likeness (QED) is 0.758. The fraction of sp³-hybridized carbons (Fsp3) is 0.400. The summed E-state index contributed by atoms with van der Waals surface area (Å²) < 4.78 is 1.99. The van der Waals surface area contributed by atoms with Gasteiger partial charge in [0.15, 0.2) is 0 Å². The van der Waals surface area contributed by atoms with E-state index in [1.807, 2.05) is 17.8 Å². The SMILES string of the molecule is CC(C)c1csc(-c2cncn2C)n1. The average molecular weight is 207 g/mol. The van der Waals surface area contributed by atoms with Gasteiger partial charge in [0.1, 0.15) is 5.01 Å². The van der Waals surface area contributed by atoms with Crippen molar-refractivity contribution < 1.29 is 0 Å². The second kappa shape index (κ2) is 3.53. The average Bonchev–Trinajstić information content (AvgIpc) is 2.71. The van der Waals surface area contributed by atoms with Crippen LogP contribution in [0.1, 0.15) is 25.5 Å². The molecule has 0 aromatic carbocycles. The number of aromatic nitrogens is 3. The summed E-state index contributed by atoms with van der Waals surface area (Å²) in [4.78, 5) is 8.65. The smallest absolute Gasteiger partial charge is 0.141 e. The molecule has 0 N–H and O–H groups in total. The molecule has 2 rings (SSSR count). The highest BCUT2D eigenvalue weighted by atomic mass is 32.1. The minimum absolute atomic E-state index is 0.494. The lowest BCUT2D eigenvalue weighted by atomic mass is 10.2. The molecule has 3 nitrogen and oxygen atoms in total. The molecule has 14 heavy (non-hydrogen) atoms. The zero-order valence-corrected chi connectivity index (χ0v) is 9.38. The molecule has 0 radical (unpaired) electrons. The molecule has 0 spiro atoms. The summed E-state index contributed by atoms with van der Waals surface area (Å²) in [6, 6.07) is 0. The summed E-state index contributed by atoms with van der Waals surface area (Å²) in [5, 5.41) is 3.17. The molecule has 74 valence electrons. The lowest BCUT2D eigenvalue weighted by Crippen LogP contribution is -1.90. The zero-order valence-electron chi connectivity index (χ0n) is 8.56. The Morgan fingerprint density at radius 2 is 2.21 bits per heavy atom. The molecule has 0 unspecified atom stereocenters. The molecular formula is C10H13N3S. The van der Waals surface area contributed by atoms with Crippen LogP contribution in [0.2, 0.25) is 0 Å². The maximum Gasteiger partial charge on any atom is 0.141 e. The van der Waals surface area contributed by atoms with Gasteiger partial charge in [-0.05, 0) is 5.92 Å². The van der Waals surface area contributed by atoms with E-state index in [2.05, 4.69) is 29.2 Å². The number of nitrogens with zero attached hydrogens (tertiary/aromatic N) is 3. The Labute approximate surface area is 87.4 Å². The van der Waals surface area contributed by atoms with Gasteiger partial charge in [0.25, 0.3) is 0 Å². The van der Waals surface area contributed by atoms with Crippen molar-refractivity contribution in [3.63, 3.8) is 0 Å². The van der Waals surface area contributed by atoms with Crippen molar-refractivity contribution in [2.75, 3.05) is 0 Å². The summed E-state index contributed by atoms with van der Waals surface area (Å²) in [6.07, 6.45) is 3.65. The van der Waals surface area contributed by atoms with Gasteiger partial charge >= 0.3 is 0 Å². The molecule has 0 aliphatic carbocycles. The molecule has 0 aliphatic heterocycles. The molecule has 0 saturated carbocycles. The van der Waals surface area contributed by atoms with Gasteiger partial charge in [-0.15, -0.1) is 11.3 Å². The molecule has 4 heteroatoms. The number of rotatable bonds is 2. The maximum atomic E-state index is 4.57. The van der Waals surface area contributed by atoms with Gasteiger partial charge in [-0.2, -0.15) is 0 Å². The Hall–Kier alpha value is -1.16. The van der Waals surface area contributed by atoms with E-state index in [1.165, 1.54) is 0 Å². The highest BCUT2D eigenvalue weighted by Crippen LogP contribution is 2.25. The summed E-state index contributed by atoms with van der Waals surface area (Å²) in [6.45, 7) is 4.31. The normalized spacial score (nSPS) is 11.1. The van der Waals surface area contributed by atoms with Crippen LogP contribution in [0.4, 0.5) is 0 Å². The van der Waals surface area contributed by atoms with Crippen LogP contribution in [0.25, 0.3) is 10.7 Å². The van der Waals surface area contributed by atoms with Crippen molar-refractivity contribution in [2.45, 2.75) is 19.8 Å². The Bertz CT molecular complexity index is 428. The van der Waals surface area contributed by atoms with Gasteiger partial charge < -0.3 is 4.57 Å². The minimum Gasteiger partial charge on any atom is -0.332 e. The highest BCUT2D eigenvalue weighted by molar-refractivity contribution is 7.13. The molecule has 0 bridgehead atoms. The van der Waals surface area contributed by atoms with Crippen LogP contribution in [0.3, 0.4) is 0 Å². The third kappa shape index (κ3) is 1.57. The molecule has 0 aliphatic rings. The fourth-order valence-electron chi connectivity index (χ4n) is 1.23. The molecular weight excluding hydrogens is 194 g/mol. The van der Waals surface area contributed by atoms with Crippen LogP contribution in [0.15, 0.2) is 17.9 Å². The van der Waals surface area contributed by atoms with E-state index >= 15 is 0 Å². The number of imidazole rings is 1. The Kier molecular flexibility index (Phi) is 2.37. The molecule has 0 saturated heterocycles. The number of aryl methyl sites for hydroxylation is 1. The topological polar surface area (TPSA) is 30.7 Å².